The third-order valence-corrected chi connectivity index (χ3v) is 10.8. The highest BCUT2D eigenvalue weighted by atomic mass is 79.9. The quantitative estimate of drug-likeness (QED) is 0.206. The molecule has 2 aliphatic carbocycles. The van der Waals surface area contributed by atoms with Gasteiger partial charge in [-0.3, -0.25) is 29.0 Å². The number of phenolic OH excluding ortho intramolecular Hbond substituents is 1. The number of amides is 4. The first kappa shape index (κ1) is 26.9. The molecule has 2 aromatic carbocycles. The molecule has 2 heterocycles. The van der Waals surface area contributed by atoms with Gasteiger partial charge in [-0.25, -0.2) is 4.39 Å². The van der Waals surface area contributed by atoms with Gasteiger partial charge in [-0.15, -0.1) is 23.2 Å². The summed E-state index contributed by atoms with van der Waals surface area (Å²) in [6.07, 6.45) is 1.80. The van der Waals surface area contributed by atoms with Gasteiger partial charge >= 0.3 is 0 Å². The van der Waals surface area contributed by atoms with Crippen LogP contribution in [0.25, 0.3) is 0 Å². The van der Waals surface area contributed by atoms with Crippen molar-refractivity contribution in [3.8, 4) is 5.75 Å². The maximum Gasteiger partial charge on any atom is 0.254 e. The molecule has 39 heavy (non-hydrogen) atoms. The molecule has 12 heteroatoms. The van der Waals surface area contributed by atoms with Gasteiger partial charge in [0, 0.05) is 10.4 Å². The predicted molar refractivity (Wildman–Crippen MR) is 148 cm³/mol. The molecule has 0 spiro atoms. The Morgan fingerprint density at radius 3 is 2.33 bits per heavy atom. The third kappa shape index (κ3) is 3.50. The highest BCUT2D eigenvalue weighted by molar-refractivity contribution is 9.10. The summed E-state index contributed by atoms with van der Waals surface area (Å²) in [5.41, 5.74) is 1.03. The molecule has 6 atom stereocenters. The van der Waals surface area contributed by atoms with Gasteiger partial charge in [-0.1, -0.05) is 49.6 Å². The second-order valence-corrected chi connectivity index (χ2v) is 12.8. The molecule has 0 aromatic heterocycles. The fourth-order valence-corrected chi connectivity index (χ4v) is 8.36. The van der Waals surface area contributed by atoms with Crippen LogP contribution in [-0.4, -0.2) is 48.8 Å². The second-order valence-electron chi connectivity index (χ2n) is 10.2. The highest BCUT2D eigenvalue weighted by Gasteiger charge is 2.76. The van der Waals surface area contributed by atoms with Crippen molar-refractivity contribution in [2.45, 2.75) is 28.5 Å². The van der Waals surface area contributed by atoms with Crippen molar-refractivity contribution < 1.29 is 28.7 Å². The van der Waals surface area contributed by atoms with Gasteiger partial charge in [0.05, 0.1) is 23.0 Å². The number of hydrogen-bond donors (Lipinski definition) is 1. The fraction of sp³-hybridized carbons (Fsp3) is 0.333. The average molecular weight is 701 g/mol. The van der Waals surface area contributed by atoms with E-state index in [2.05, 4.69) is 31.9 Å². The minimum Gasteiger partial charge on any atom is -0.505 e. The number of aromatic hydroxyl groups is 1. The Balaban J connectivity index is 1.52. The van der Waals surface area contributed by atoms with Gasteiger partial charge in [-0.05, 0) is 60.7 Å². The van der Waals surface area contributed by atoms with Crippen LogP contribution in [0, 0.1) is 23.6 Å². The van der Waals surface area contributed by atoms with Crippen LogP contribution in [-0.2, 0) is 19.2 Å². The van der Waals surface area contributed by atoms with E-state index in [1.807, 2.05) is 0 Å². The average Bonchev–Trinajstić information content (AvgIpc) is 3.24. The lowest BCUT2D eigenvalue weighted by atomic mass is 9.56. The van der Waals surface area contributed by atoms with E-state index in [9.17, 15) is 28.7 Å². The second kappa shape index (κ2) is 9.12. The summed E-state index contributed by atoms with van der Waals surface area (Å²) in [5, 5.41) is 9.82. The summed E-state index contributed by atoms with van der Waals surface area (Å²) in [6, 6.07) is 10.4. The van der Waals surface area contributed by atoms with E-state index in [0.717, 1.165) is 26.4 Å². The highest BCUT2D eigenvalue weighted by Crippen LogP contribution is 2.65. The monoisotopic (exact) mass is 698 g/mol. The Kier molecular flexibility index (Phi) is 6.30. The van der Waals surface area contributed by atoms with Crippen LogP contribution in [0.2, 0.25) is 0 Å². The maximum absolute atomic E-state index is 14.6. The molecule has 7 nitrogen and oxygen atoms in total. The Hall–Kier alpha value is -2.27. The first-order valence-electron chi connectivity index (χ1n) is 12.1. The number of fused-ring (bicyclic) bond motifs is 4. The Bertz CT molecular complexity index is 1500. The van der Waals surface area contributed by atoms with E-state index in [0.29, 0.717) is 11.3 Å². The molecule has 2 saturated heterocycles. The Morgan fingerprint density at radius 2 is 1.69 bits per heavy atom. The van der Waals surface area contributed by atoms with Crippen LogP contribution in [0.3, 0.4) is 0 Å². The van der Waals surface area contributed by atoms with Gasteiger partial charge in [0.15, 0.2) is 21.3 Å². The lowest BCUT2D eigenvalue weighted by molar-refractivity contribution is -0.138. The van der Waals surface area contributed by atoms with E-state index < -0.39 is 62.7 Å². The summed E-state index contributed by atoms with van der Waals surface area (Å²) in [4.78, 5) is 52.8. The van der Waals surface area contributed by atoms with Crippen molar-refractivity contribution in [1.82, 2.24) is 4.90 Å². The third-order valence-electron chi connectivity index (χ3n) is 8.40. The molecule has 2 aromatic rings. The Labute approximate surface area is 249 Å². The number of carbonyl (C=O) groups is 4. The lowest BCUT2D eigenvalue weighted by Gasteiger charge is -2.50. The molecule has 0 unspecified atom stereocenters. The molecule has 0 radical (unpaired) electrons. The van der Waals surface area contributed by atoms with E-state index >= 15 is 0 Å². The van der Waals surface area contributed by atoms with E-state index in [-0.39, 0.29) is 29.8 Å². The minimum absolute atomic E-state index is 0.158. The zero-order valence-electron chi connectivity index (χ0n) is 19.9. The first-order valence-corrected chi connectivity index (χ1v) is 14.7. The van der Waals surface area contributed by atoms with Gasteiger partial charge in [-0.2, -0.15) is 0 Å². The molecule has 202 valence electrons. The van der Waals surface area contributed by atoms with Crippen molar-refractivity contribution in [3.05, 3.63) is 70.0 Å². The maximum atomic E-state index is 14.6. The first-order chi connectivity index (χ1) is 18.5. The summed E-state index contributed by atoms with van der Waals surface area (Å²) in [7, 11) is 0. The van der Waals surface area contributed by atoms with Gasteiger partial charge in [0.1, 0.15) is 0 Å². The number of anilines is 1. The van der Waals surface area contributed by atoms with Crippen LogP contribution < -0.4 is 4.90 Å². The molecular weight excluding hydrogens is 682 g/mol. The largest absolute Gasteiger partial charge is 0.505 e. The molecule has 0 bridgehead atoms. The number of rotatable bonds is 3. The molecule has 1 saturated carbocycles. The number of carbonyl (C=O) groups excluding carboxylic acids is 4. The number of nitrogens with zero attached hydrogens (tertiary/aromatic N) is 2. The Morgan fingerprint density at radius 1 is 1.00 bits per heavy atom. The number of halogens is 5. The smallest absolute Gasteiger partial charge is 0.254 e. The topological polar surface area (TPSA) is 95.0 Å². The van der Waals surface area contributed by atoms with Crippen LogP contribution in [0.1, 0.15) is 24.3 Å². The number of likely N-dealkylation sites (tertiary alicyclic amines) is 1. The number of benzene rings is 2. The van der Waals surface area contributed by atoms with E-state index in [1.165, 1.54) is 6.07 Å². The normalized spacial score (nSPS) is 33.7. The van der Waals surface area contributed by atoms with Crippen molar-refractivity contribution >= 4 is 84.4 Å². The number of imide groups is 2. The summed E-state index contributed by atoms with van der Waals surface area (Å²) in [6.45, 7) is 0. The number of alkyl halides is 3. The fourth-order valence-electron chi connectivity index (χ4n) is 6.67. The molecular formula is C27H19Br2Cl2FN2O5. The van der Waals surface area contributed by atoms with Crippen LogP contribution in [0.5, 0.6) is 5.75 Å². The van der Waals surface area contributed by atoms with Crippen LogP contribution in [0.15, 0.2) is 58.6 Å². The van der Waals surface area contributed by atoms with Gasteiger partial charge in [0.2, 0.25) is 11.8 Å². The minimum atomic E-state index is -2.03. The van der Waals surface area contributed by atoms with E-state index in [4.69, 9.17) is 23.2 Å². The van der Waals surface area contributed by atoms with Crippen LogP contribution in [0.4, 0.5) is 10.1 Å². The SMILES string of the molecule is O=C1[C@H]2[C@H](CC=C3[C@H]2C[C@@]2(Cl)C(=O)N(CBr)C(=O)[C@@]2(Cl)[C@H]3c2ccc(O)c(F)c2)C(=O)N1c1ccc(Br)cc1. The number of hydrogen-bond acceptors (Lipinski definition) is 5. The molecule has 4 aliphatic rings. The molecule has 2 aliphatic heterocycles. The van der Waals surface area contributed by atoms with Gasteiger partial charge in [0.25, 0.3) is 11.8 Å². The van der Waals surface area contributed by atoms with Crippen LogP contribution >= 0.6 is 55.1 Å². The number of phenols is 1. The van der Waals surface area contributed by atoms with Crippen molar-refractivity contribution in [2.24, 2.45) is 17.8 Å². The van der Waals surface area contributed by atoms with Crippen molar-refractivity contribution in [3.63, 3.8) is 0 Å². The molecule has 3 fully saturated rings. The summed E-state index contributed by atoms with van der Waals surface area (Å²) < 4.78 is 15.4. The molecule has 4 amide bonds. The molecule has 6 rings (SSSR count). The zero-order chi connectivity index (χ0) is 28.0. The predicted octanol–water partition coefficient (Wildman–Crippen LogP) is 5.21. The van der Waals surface area contributed by atoms with Crippen molar-refractivity contribution in [1.29, 1.82) is 0 Å². The zero-order valence-corrected chi connectivity index (χ0v) is 24.6. The lowest BCUT2D eigenvalue weighted by Crippen LogP contribution is -2.60. The summed E-state index contributed by atoms with van der Waals surface area (Å²) in [5.74, 6) is -7.19. The van der Waals surface area contributed by atoms with Crippen molar-refractivity contribution in [2.75, 3.05) is 10.4 Å². The number of allylic oxidation sites excluding steroid dienone is 2. The van der Waals surface area contributed by atoms with Gasteiger partial charge < -0.3 is 5.11 Å². The molecule has 1 N–H and O–H groups in total. The summed E-state index contributed by atoms with van der Waals surface area (Å²) >= 11 is 20.7. The van der Waals surface area contributed by atoms with E-state index in [1.54, 1.807) is 30.3 Å². The standard InChI is InChI=1S/C27H19Br2Cl2FN2O5/c28-11-33-24(38)26(30)10-17-15(21(27(26,31)25(33)39)12-1-8-19(35)18(32)9-12)6-7-16-20(17)23(37)34(22(16)36)14-4-2-13(29)3-5-14/h1-6,8-9,16-17,20-21,35H,7,10-11H2/t16-,17+,20-,21-,26+,27-/m0/s1.